The molecule has 0 aliphatic heterocycles. The molecule has 1 aromatic rings. The van der Waals surface area contributed by atoms with Crippen molar-refractivity contribution in [1.29, 1.82) is 0 Å². The summed E-state index contributed by atoms with van der Waals surface area (Å²) < 4.78 is 4.88. The molecule has 1 heterocycles. The third-order valence-corrected chi connectivity index (χ3v) is 2.60. The predicted octanol–water partition coefficient (Wildman–Crippen LogP) is 1.74. The zero-order chi connectivity index (χ0) is 11.1. The molecule has 0 aromatic carbocycles. The molecule has 0 unspecified atom stereocenters. The van der Waals surface area contributed by atoms with Gasteiger partial charge in [-0.1, -0.05) is 11.6 Å². The first-order valence-corrected chi connectivity index (χ1v) is 4.71. The number of amides is 1. The smallest absolute Gasteiger partial charge is 0.319 e. The Morgan fingerprint density at radius 1 is 1.53 bits per heavy atom. The van der Waals surface area contributed by atoms with Crippen molar-refractivity contribution in [3.63, 3.8) is 0 Å². The molecule has 80 valence electrons. The predicted molar refractivity (Wildman–Crippen MR) is 51.7 cm³/mol. The van der Waals surface area contributed by atoms with E-state index in [1.165, 1.54) is 12.3 Å². The lowest BCUT2D eigenvalue weighted by atomic mass is 10.1. The number of carbonyl (C=O) groups is 2. The fourth-order valence-electron chi connectivity index (χ4n) is 1.27. The van der Waals surface area contributed by atoms with Crippen LogP contribution in [0.3, 0.4) is 0 Å². The van der Waals surface area contributed by atoms with E-state index in [-0.39, 0.29) is 5.88 Å². The maximum atomic E-state index is 11.6. The van der Waals surface area contributed by atoms with Gasteiger partial charge in [0.25, 0.3) is 0 Å². The van der Waals surface area contributed by atoms with Crippen LogP contribution < -0.4 is 5.32 Å². The van der Waals surface area contributed by atoms with Gasteiger partial charge >= 0.3 is 5.97 Å². The number of hydrogen-bond acceptors (Lipinski definition) is 3. The van der Waals surface area contributed by atoms with Gasteiger partial charge in [-0.15, -0.1) is 0 Å². The molecule has 0 spiro atoms. The first-order valence-electron chi connectivity index (χ1n) is 4.33. The molecule has 2 rings (SSSR count). The topological polar surface area (TPSA) is 79.5 Å². The summed E-state index contributed by atoms with van der Waals surface area (Å²) in [5.41, 5.74) is -1.26. The van der Waals surface area contributed by atoms with Gasteiger partial charge in [0.1, 0.15) is 11.7 Å². The first kappa shape index (κ1) is 10.0. The number of anilines is 1. The Morgan fingerprint density at radius 3 is 2.60 bits per heavy atom. The number of carboxylic acids is 1. The van der Waals surface area contributed by atoms with E-state index in [1.54, 1.807) is 0 Å². The van der Waals surface area contributed by atoms with Gasteiger partial charge in [0.15, 0.2) is 0 Å². The lowest BCUT2D eigenvalue weighted by Crippen LogP contribution is -2.31. The quantitative estimate of drug-likeness (QED) is 0.774. The van der Waals surface area contributed by atoms with Gasteiger partial charge in [0, 0.05) is 6.07 Å². The Hall–Kier alpha value is -1.49. The van der Waals surface area contributed by atoms with E-state index in [1.807, 2.05) is 0 Å². The third kappa shape index (κ3) is 1.70. The largest absolute Gasteiger partial charge is 0.480 e. The Labute approximate surface area is 90.0 Å². The highest BCUT2D eigenvalue weighted by Gasteiger charge is 2.57. The van der Waals surface area contributed by atoms with Crippen LogP contribution in [-0.2, 0) is 9.59 Å². The van der Waals surface area contributed by atoms with Gasteiger partial charge < -0.3 is 9.52 Å². The second-order valence-corrected chi connectivity index (χ2v) is 3.91. The first-order chi connectivity index (χ1) is 7.04. The van der Waals surface area contributed by atoms with Gasteiger partial charge in [-0.2, -0.15) is 0 Å². The SMILES string of the molecule is O=C(O)C1(C(=O)Nc2cc(Cl)co2)CC1. The van der Waals surface area contributed by atoms with Crippen LogP contribution in [0, 0.1) is 5.41 Å². The Bertz CT molecular complexity index is 422. The molecule has 1 fully saturated rings. The molecule has 1 amide bonds. The average molecular weight is 230 g/mol. The highest BCUT2D eigenvalue weighted by molar-refractivity contribution is 6.30. The molecule has 2 N–H and O–H groups in total. The zero-order valence-electron chi connectivity index (χ0n) is 7.62. The van der Waals surface area contributed by atoms with Crippen molar-refractivity contribution in [3.8, 4) is 0 Å². The molecule has 1 aromatic heterocycles. The maximum absolute atomic E-state index is 11.6. The van der Waals surface area contributed by atoms with Crippen molar-refractivity contribution in [2.45, 2.75) is 12.8 Å². The Balaban J connectivity index is 2.08. The number of furan rings is 1. The maximum Gasteiger partial charge on any atom is 0.319 e. The van der Waals surface area contributed by atoms with E-state index in [4.69, 9.17) is 21.1 Å². The van der Waals surface area contributed by atoms with Crippen molar-refractivity contribution in [2.24, 2.45) is 5.41 Å². The van der Waals surface area contributed by atoms with Crippen LogP contribution in [0.15, 0.2) is 16.7 Å². The molecule has 5 nitrogen and oxygen atoms in total. The van der Waals surface area contributed by atoms with E-state index in [2.05, 4.69) is 5.32 Å². The van der Waals surface area contributed by atoms with Crippen molar-refractivity contribution in [2.75, 3.05) is 5.32 Å². The highest BCUT2D eigenvalue weighted by Crippen LogP contribution is 2.46. The van der Waals surface area contributed by atoms with Crippen LogP contribution in [0.2, 0.25) is 5.02 Å². The Morgan fingerprint density at radius 2 is 2.20 bits per heavy atom. The number of nitrogens with one attached hydrogen (secondary N) is 1. The van der Waals surface area contributed by atoms with E-state index < -0.39 is 17.3 Å². The summed E-state index contributed by atoms with van der Waals surface area (Å²) in [7, 11) is 0. The molecular weight excluding hydrogens is 222 g/mol. The van der Waals surface area contributed by atoms with Crippen LogP contribution in [0.4, 0.5) is 5.88 Å². The van der Waals surface area contributed by atoms with E-state index >= 15 is 0 Å². The summed E-state index contributed by atoms with van der Waals surface area (Å²) in [6, 6.07) is 1.41. The van der Waals surface area contributed by atoms with Crippen LogP contribution in [0.25, 0.3) is 0 Å². The Kier molecular flexibility index (Phi) is 2.19. The molecule has 0 atom stereocenters. The van der Waals surface area contributed by atoms with Crippen molar-refractivity contribution in [1.82, 2.24) is 0 Å². The summed E-state index contributed by atoms with van der Waals surface area (Å²) in [4.78, 5) is 22.4. The molecule has 1 aliphatic rings. The minimum absolute atomic E-state index is 0.164. The minimum atomic E-state index is -1.26. The molecule has 6 heteroatoms. The highest BCUT2D eigenvalue weighted by atomic mass is 35.5. The molecule has 0 bridgehead atoms. The number of halogens is 1. The van der Waals surface area contributed by atoms with Crippen LogP contribution >= 0.6 is 11.6 Å². The van der Waals surface area contributed by atoms with Crippen LogP contribution in [0.1, 0.15) is 12.8 Å². The van der Waals surface area contributed by atoms with Crippen molar-refractivity contribution < 1.29 is 19.1 Å². The second-order valence-electron chi connectivity index (χ2n) is 3.47. The second kappa shape index (κ2) is 3.27. The van der Waals surface area contributed by atoms with Crippen molar-refractivity contribution >= 4 is 29.4 Å². The third-order valence-electron chi connectivity index (χ3n) is 2.40. The minimum Gasteiger partial charge on any atom is -0.480 e. The summed E-state index contributed by atoms with van der Waals surface area (Å²) in [6.07, 6.45) is 1.99. The zero-order valence-corrected chi connectivity index (χ0v) is 8.37. The fraction of sp³-hybridized carbons (Fsp3) is 0.333. The molecule has 1 saturated carbocycles. The van der Waals surface area contributed by atoms with Crippen LogP contribution in [-0.4, -0.2) is 17.0 Å². The van der Waals surface area contributed by atoms with Gasteiger partial charge in [0.2, 0.25) is 11.8 Å². The summed E-state index contributed by atoms with van der Waals surface area (Å²) in [5.74, 6) is -1.49. The van der Waals surface area contributed by atoms with Gasteiger partial charge in [-0.05, 0) is 12.8 Å². The summed E-state index contributed by atoms with van der Waals surface area (Å²) in [5, 5.41) is 11.6. The number of carboxylic acid groups (broad SMARTS) is 1. The molecule has 0 saturated heterocycles. The molecule has 1 aliphatic carbocycles. The molecular formula is C9H8ClNO4. The van der Waals surface area contributed by atoms with E-state index in [9.17, 15) is 9.59 Å². The molecule has 15 heavy (non-hydrogen) atoms. The van der Waals surface area contributed by atoms with Gasteiger partial charge in [-0.3, -0.25) is 14.9 Å². The molecule has 0 radical (unpaired) electrons. The van der Waals surface area contributed by atoms with Crippen molar-refractivity contribution in [3.05, 3.63) is 17.4 Å². The lowest BCUT2D eigenvalue weighted by Gasteiger charge is -2.07. The number of hydrogen-bond donors (Lipinski definition) is 2. The standard InChI is InChI=1S/C9H8ClNO4/c10-5-3-6(15-4-5)11-7(12)9(1-2-9)8(13)14/h3-4H,1-2H2,(H,11,12)(H,13,14). The normalized spacial score (nSPS) is 17.1. The number of aliphatic carboxylic acids is 1. The number of rotatable bonds is 3. The fourth-order valence-corrected chi connectivity index (χ4v) is 1.42. The lowest BCUT2D eigenvalue weighted by molar-refractivity contribution is -0.147. The monoisotopic (exact) mass is 229 g/mol. The average Bonchev–Trinajstić information content (AvgIpc) is 2.88. The van der Waals surface area contributed by atoms with Gasteiger partial charge in [-0.25, -0.2) is 0 Å². The van der Waals surface area contributed by atoms with E-state index in [0.717, 1.165) is 0 Å². The van der Waals surface area contributed by atoms with Gasteiger partial charge in [0.05, 0.1) is 5.02 Å². The summed E-state index contributed by atoms with van der Waals surface area (Å²) >= 11 is 5.57. The summed E-state index contributed by atoms with van der Waals surface area (Å²) in [6.45, 7) is 0. The van der Waals surface area contributed by atoms with Crippen LogP contribution in [0.5, 0.6) is 0 Å². The van der Waals surface area contributed by atoms with E-state index in [0.29, 0.717) is 17.9 Å². The number of carbonyl (C=O) groups excluding carboxylic acids is 1.